The molecule has 1 heterocycles. The maximum Gasteiger partial charge on any atom is 0.251 e. The van der Waals surface area contributed by atoms with E-state index in [9.17, 15) is 8.42 Å². The zero-order valence-electron chi connectivity index (χ0n) is 11.6. The molecule has 1 fully saturated rings. The first kappa shape index (κ1) is 16.4. The van der Waals surface area contributed by atoms with E-state index in [1.54, 1.807) is 11.4 Å². The Kier molecular flexibility index (Phi) is 6.04. The molecule has 1 aromatic heterocycles. The Balaban J connectivity index is 1.88. The standard InChI is InChI=1S/C13H21BrN2O2S2/c1-2-8-15-10-3-5-11(6-4-10)16-20(17,18)13-12(14)7-9-19-13/h7,9-11,15-16H,2-6,8H2,1H3. The van der Waals surface area contributed by atoms with Gasteiger partial charge in [0, 0.05) is 16.6 Å². The molecule has 1 aliphatic carbocycles. The van der Waals surface area contributed by atoms with Crippen molar-refractivity contribution in [2.24, 2.45) is 0 Å². The van der Waals surface area contributed by atoms with Crippen LogP contribution in [0.15, 0.2) is 20.1 Å². The van der Waals surface area contributed by atoms with Crippen molar-refractivity contribution < 1.29 is 8.42 Å². The second-order valence-corrected chi connectivity index (χ2v) is 8.86. The van der Waals surface area contributed by atoms with Crippen LogP contribution in [0.1, 0.15) is 39.0 Å². The Morgan fingerprint density at radius 1 is 1.30 bits per heavy atom. The van der Waals surface area contributed by atoms with Gasteiger partial charge in [0.15, 0.2) is 0 Å². The molecule has 0 saturated heterocycles. The van der Waals surface area contributed by atoms with Gasteiger partial charge in [-0.15, -0.1) is 11.3 Å². The van der Waals surface area contributed by atoms with Crippen LogP contribution in [-0.4, -0.2) is 27.0 Å². The van der Waals surface area contributed by atoms with E-state index in [4.69, 9.17) is 0 Å². The molecule has 0 bridgehead atoms. The number of thiophene rings is 1. The van der Waals surface area contributed by atoms with Crippen molar-refractivity contribution in [2.75, 3.05) is 6.54 Å². The number of hydrogen-bond donors (Lipinski definition) is 2. The topological polar surface area (TPSA) is 58.2 Å². The Hall–Kier alpha value is 0.0500. The first-order valence-corrected chi connectivity index (χ1v) is 10.2. The van der Waals surface area contributed by atoms with Crippen LogP contribution in [0.4, 0.5) is 0 Å². The van der Waals surface area contributed by atoms with Gasteiger partial charge in [-0.3, -0.25) is 0 Å². The third-order valence-electron chi connectivity index (χ3n) is 3.56. The Morgan fingerprint density at radius 2 is 1.95 bits per heavy atom. The third-order valence-corrected chi connectivity index (χ3v) is 7.75. The van der Waals surface area contributed by atoms with Crippen molar-refractivity contribution in [3.63, 3.8) is 0 Å². The molecule has 0 aromatic carbocycles. The quantitative estimate of drug-likeness (QED) is 0.796. The van der Waals surface area contributed by atoms with Gasteiger partial charge in [-0.2, -0.15) is 0 Å². The lowest BCUT2D eigenvalue weighted by Gasteiger charge is -2.29. The van der Waals surface area contributed by atoms with Gasteiger partial charge in [0.25, 0.3) is 10.0 Å². The number of nitrogens with one attached hydrogen (secondary N) is 2. The predicted octanol–water partition coefficient (Wildman–Crippen LogP) is 3.10. The summed E-state index contributed by atoms with van der Waals surface area (Å²) < 4.78 is 28.4. The van der Waals surface area contributed by atoms with Crippen LogP contribution in [0.3, 0.4) is 0 Å². The highest BCUT2D eigenvalue weighted by atomic mass is 79.9. The minimum absolute atomic E-state index is 0.0636. The van der Waals surface area contributed by atoms with E-state index in [1.807, 2.05) is 0 Å². The Bertz CT molecular complexity index is 522. The van der Waals surface area contributed by atoms with Crippen LogP contribution in [-0.2, 0) is 10.0 Å². The van der Waals surface area contributed by atoms with Crippen molar-refractivity contribution in [3.05, 3.63) is 15.9 Å². The van der Waals surface area contributed by atoms with Gasteiger partial charge in [-0.1, -0.05) is 6.92 Å². The molecule has 1 saturated carbocycles. The molecule has 0 aliphatic heterocycles. The van der Waals surface area contributed by atoms with Gasteiger partial charge in [0.05, 0.1) is 0 Å². The highest BCUT2D eigenvalue weighted by Gasteiger charge is 2.27. The zero-order chi connectivity index (χ0) is 14.6. The summed E-state index contributed by atoms with van der Waals surface area (Å²) in [6.45, 7) is 3.20. The lowest BCUT2D eigenvalue weighted by atomic mass is 9.92. The molecular weight excluding hydrogens is 360 g/mol. The fourth-order valence-corrected chi connectivity index (χ4v) is 6.17. The summed E-state index contributed by atoms with van der Waals surface area (Å²) in [6, 6.07) is 2.38. The molecule has 0 atom stereocenters. The van der Waals surface area contributed by atoms with E-state index in [2.05, 4.69) is 32.9 Å². The number of hydrogen-bond acceptors (Lipinski definition) is 4. The lowest BCUT2D eigenvalue weighted by Crippen LogP contribution is -2.42. The molecule has 7 heteroatoms. The molecule has 0 unspecified atom stereocenters. The maximum atomic E-state index is 12.3. The Morgan fingerprint density at radius 3 is 2.50 bits per heavy atom. The predicted molar refractivity (Wildman–Crippen MR) is 86.7 cm³/mol. The van der Waals surface area contributed by atoms with Crippen molar-refractivity contribution in [2.45, 2.75) is 55.3 Å². The highest BCUT2D eigenvalue weighted by Crippen LogP contribution is 2.29. The molecule has 1 aromatic rings. The van der Waals surface area contributed by atoms with E-state index in [0.29, 0.717) is 14.7 Å². The van der Waals surface area contributed by atoms with E-state index >= 15 is 0 Å². The van der Waals surface area contributed by atoms with Crippen molar-refractivity contribution in [1.82, 2.24) is 10.0 Å². The van der Waals surface area contributed by atoms with Crippen LogP contribution in [0.25, 0.3) is 0 Å². The summed E-state index contributed by atoms with van der Waals surface area (Å²) in [7, 11) is -3.38. The van der Waals surface area contributed by atoms with Gasteiger partial charge < -0.3 is 5.32 Å². The van der Waals surface area contributed by atoms with E-state index in [0.717, 1.165) is 38.6 Å². The fourth-order valence-electron chi connectivity index (χ4n) is 2.51. The van der Waals surface area contributed by atoms with Gasteiger partial charge in [0.1, 0.15) is 4.21 Å². The summed E-state index contributed by atoms with van der Waals surface area (Å²) in [4.78, 5) is 0. The summed E-state index contributed by atoms with van der Waals surface area (Å²) >= 11 is 4.53. The first-order valence-electron chi connectivity index (χ1n) is 7.01. The van der Waals surface area contributed by atoms with E-state index in [1.165, 1.54) is 11.3 Å². The summed E-state index contributed by atoms with van der Waals surface area (Å²) in [5, 5.41) is 5.29. The average Bonchev–Trinajstić information content (AvgIpc) is 2.85. The van der Waals surface area contributed by atoms with E-state index < -0.39 is 10.0 Å². The van der Waals surface area contributed by atoms with Crippen LogP contribution >= 0.6 is 27.3 Å². The maximum absolute atomic E-state index is 12.3. The monoisotopic (exact) mass is 380 g/mol. The van der Waals surface area contributed by atoms with Crippen molar-refractivity contribution >= 4 is 37.3 Å². The summed E-state index contributed by atoms with van der Waals surface area (Å²) in [5.74, 6) is 0. The lowest BCUT2D eigenvalue weighted by molar-refractivity contribution is 0.330. The molecule has 20 heavy (non-hydrogen) atoms. The molecule has 0 radical (unpaired) electrons. The number of rotatable bonds is 6. The zero-order valence-corrected chi connectivity index (χ0v) is 14.8. The summed E-state index contributed by atoms with van der Waals surface area (Å²) in [6.07, 6.45) is 5.03. The molecule has 0 amide bonds. The normalized spacial score (nSPS) is 23.9. The van der Waals surface area contributed by atoms with Crippen LogP contribution in [0, 0.1) is 0 Å². The molecule has 4 nitrogen and oxygen atoms in total. The second kappa shape index (κ2) is 7.35. The Labute approximate surface area is 133 Å². The molecule has 2 rings (SSSR count). The molecule has 0 spiro atoms. The largest absolute Gasteiger partial charge is 0.314 e. The minimum atomic E-state index is -3.38. The molecular formula is C13H21BrN2O2S2. The van der Waals surface area contributed by atoms with E-state index in [-0.39, 0.29) is 6.04 Å². The molecule has 1 aliphatic rings. The van der Waals surface area contributed by atoms with Crippen molar-refractivity contribution in [3.8, 4) is 0 Å². The average molecular weight is 381 g/mol. The van der Waals surface area contributed by atoms with Gasteiger partial charge >= 0.3 is 0 Å². The number of halogens is 1. The van der Waals surface area contributed by atoms with Gasteiger partial charge in [-0.05, 0) is 66.0 Å². The van der Waals surface area contributed by atoms with Crippen LogP contribution < -0.4 is 10.0 Å². The second-order valence-electron chi connectivity index (χ2n) is 5.18. The van der Waals surface area contributed by atoms with Gasteiger partial charge in [0.2, 0.25) is 0 Å². The van der Waals surface area contributed by atoms with Crippen LogP contribution in [0.2, 0.25) is 0 Å². The van der Waals surface area contributed by atoms with Crippen molar-refractivity contribution in [1.29, 1.82) is 0 Å². The smallest absolute Gasteiger partial charge is 0.251 e. The molecule has 114 valence electrons. The first-order chi connectivity index (χ1) is 9.53. The van der Waals surface area contributed by atoms with Gasteiger partial charge in [-0.25, -0.2) is 13.1 Å². The highest BCUT2D eigenvalue weighted by molar-refractivity contribution is 9.10. The third kappa shape index (κ3) is 4.27. The SMILES string of the molecule is CCCNC1CCC(NS(=O)(=O)c2sccc2Br)CC1. The van der Waals surface area contributed by atoms with Crippen LogP contribution in [0.5, 0.6) is 0 Å². The summed E-state index contributed by atoms with van der Waals surface area (Å²) in [5.41, 5.74) is 0. The number of sulfonamides is 1. The fraction of sp³-hybridized carbons (Fsp3) is 0.692. The molecule has 2 N–H and O–H groups in total. The minimum Gasteiger partial charge on any atom is -0.314 e.